The van der Waals surface area contributed by atoms with Gasteiger partial charge in [-0.1, -0.05) is 11.3 Å². The first-order chi connectivity index (χ1) is 8.19. The van der Waals surface area contributed by atoms with E-state index in [2.05, 4.69) is 31.7 Å². The first kappa shape index (κ1) is 12.0. The van der Waals surface area contributed by atoms with Crippen molar-refractivity contribution in [3.63, 3.8) is 0 Å². The third-order valence-electron chi connectivity index (χ3n) is 2.01. The molecule has 0 aliphatic rings. The van der Waals surface area contributed by atoms with Crippen LogP contribution in [-0.2, 0) is 0 Å². The summed E-state index contributed by atoms with van der Waals surface area (Å²) in [5, 5.41) is 3.26. The molecule has 0 aliphatic heterocycles. The molecule has 2 rings (SSSR count). The first-order valence-corrected chi connectivity index (χ1v) is 6.29. The van der Waals surface area contributed by atoms with E-state index >= 15 is 0 Å². The Balaban J connectivity index is 2.09. The maximum atomic E-state index is 11.8. The van der Waals surface area contributed by atoms with Crippen LogP contribution in [0, 0.1) is 0 Å². The van der Waals surface area contributed by atoms with Gasteiger partial charge < -0.3 is 5.43 Å². The van der Waals surface area contributed by atoms with Crippen LogP contribution in [0.25, 0.3) is 0 Å². The van der Waals surface area contributed by atoms with E-state index in [0.717, 1.165) is 9.47 Å². The zero-order chi connectivity index (χ0) is 12.3. The van der Waals surface area contributed by atoms with Crippen LogP contribution in [0.2, 0.25) is 0 Å². The lowest BCUT2D eigenvalue weighted by atomic mass is 10.2. The zero-order valence-electron chi connectivity index (χ0n) is 8.61. The van der Waals surface area contributed by atoms with E-state index in [1.54, 1.807) is 30.5 Å². The molecule has 1 heterocycles. The van der Waals surface area contributed by atoms with Crippen LogP contribution in [0.15, 0.2) is 34.2 Å². The van der Waals surface area contributed by atoms with Crippen molar-refractivity contribution in [1.82, 2.24) is 4.98 Å². The van der Waals surface area contributed by atoms with Gasteiger partial charge in [0.05, 0.1) is 9.98 Å². The Morgan fingerprint density at radius 1 is 1.35 bits per heavy atom. The Hall–Kier alpha value is -1.44. The molecular formula is C10H9BrN4OS. The van der Waals surface area contributed by atoms with Gasteiger partial charge in [0.1, 0.15) is 0 Å². The number of hydrogen-bond donors (Lipinski definition) is 3. The van der Waals surface area contributed by atoms with Crippen molar-refractivity contribution in [3.8, 4) is 0 Å². The summed E-state index contributed by atoms with van der Waals surface area (Å²) in [4.78, 5) is 15.8. The molecule has 0 aliphatic carbocycles. The van der Waals surface area contributed by atoms with E-state index in [9.17, 15) is 4.79 Å². The van der Waals surface area contributed by atoms with Gasteiger partial charge in [-0.05, 0) is 40.2 Å². The fourth-order valence-electron chi connectivity index (χ4n) is 1.20. The highest BCUT2D eigenvalue weighted by atomic mass is 79.9. The molecule has 0 radical (unpaired) electrons. The number of nitrogen functional groups attached to an aromatic ring is 1. The van der Waals surface area contributed by atoms with Gasteiger partial charge in [0.25, 0.3) is 5.91 Å². The molecule has 0 bridgehead atoms. The van der Waals surface area contributed by atoms with E-state index in [1.807, 2.05) is 0 Å². The Kier molecular flexibility index (Phi) is 3.72. The monoisotopic (exact) mass is 312 g/mol. The van der Waals surface area contributed by atoms with Gasteiger partial charge >= 0.3 is 0 Å². The van der Waals surface area contributed by atoms with Gasteiger partial charge in [-0.25, -0.2) is 4.98 Å². The van der Waals surface area contributed by atoms with Crippen molar-refractivity contribution in [3.05, 3.63) is 39.8 Å². The van der Waals surface area contributed by atoms with Crippen molar-refractivity contribution in [1.29, 1.82) is 0 Å². The summed E-state index contributed by atoms with van der Waals surface area (Å²) >= 11 is 4.64. The average molecular weight is 313 g/mol. The molecule has 1 amide bonds. The van der Waals surface area contributed by atoms with Crippen LogP contribution >= 0.6 is 27.3 Å². The van der Waals surface area contributed by atoms with Gasteiger partial charge in [-0.15, -0.1) is 0 Å². The van der Waals surface area contributed by atoms with Crippen LogP contribution in [0.1, 0.15) is 10.4 Å². The number of carbonyl (C=O) groups excluding carboxylic acids is 1. The molecule has 0 spiro atoms. The summed E-state index contributed by atoms with van der Waals surface area (Å²) in [5.41, 5.74) is 3.80. The van der Waals surface area contributed by atoms with Gasteiger partial charge in [-0.3, -0.25) is 16.0 Å². The molecule has 0 saturated heterocycles. The minimum atomic E-state index is -0.199. The molecule has 4 N–H and O–H groups in total. The summed E-state index contributed by atoms with van der Waals surface area (Å²) < 4.78 is 0.871. The van der Waals surface area contributed by atoms with Crippen molar-refractivity contribution in [2.24, 2.45) is 5.84 Å². The maximum Gasteiger partial charge on any atom is 0.257 e. The topological polar surface area (TPSA) is 80.0 Å². The van der Waals surface area contributed by atoms with E-state index in [-0.39, 0.29) is 5.91 Å². The number of carbonyl (C=O) groups is 1. The highest BCUT2D eigenvalue weighted by Gasteiger charge is 2.08. The highest BCUT2D eigenvalue weighted by Crippen LogP contribution is 2.23. The van der Waals surface area contributed by atoms with Crippen LogP contribution in [-0.4, -0.2) is 10.9 Å². The second-order valence-corrected chi connectivity index (χ2v) is 5.56. The second kappa shape index (κ2) is 5.26. The number of thiazole rings is 1. The standard InChI is InChI=1S/C10H9BrN4OS/c11-8-5-13-10(17-8)14-9(16)6-1-3-7(15-12)4-2-6/h1-5,15H,12H2,(H,13,14,16). The summed E-state index contributed by atoms with van der Waals surface area (Å²) in [6.07, 6.45) is 1.64. The van der Waals surface area contributed by atoms with Crippen LogP contribution in [0.5, 0.6) is 0 Å². The second-order valence-electron chi connectivity index (χ2n) is 3.15. The van der Waals surface area contributed by atoms with Crippen molar-refractivity contribution in [2.45, 2.75) is 0 Å². The van der Waals surface area contributed by atoms with Gasteiger partial charge in [-0.2, -0.15) is 0 Å². The first-order valence-electron chi connectivity index (χ1n) is 4.68. The predicted octanol–water partition coefficient (Wildman–Crippen LogP) is 2.44. The maximum absolute atomic E-state index is 11.8. The van der Waals surface area contributed by atoms with E-state index in [4.69, 9.17) is 5.84 Å². The molecule has 0 atom stereocenters. The van der Waals surface area contributed by atoms with Gasteiger partial charge in [0.2, 0.25) is 0 Å². The molecule has 7 heteroatoms. The van der Waals surface area contributed by atoms with Gasteiger partial charge in [0.15, 0.2) is 5.13 Å². The lowest BCUT2D eigenvalue weighted by Crippen LogP contribution is -2.12. The molecule has 5 nitrogen and oxygen atoms in total. The summed E-state index contributed by atoms with van der Waals surface area (Å²) in [7, 11) is 0. The number of nitrogens with one attached hydrogen (secondary N) is 2. The number of rotatable bonds is 3. The Morgan fingerprint density at radius 3 is 2.59 bits per heavy atom. The third kappa shape index (κ3) is 3.02. The van der Waals surface area contributed by atoms with Crippen molar-refractivity contribution >= 4 is 44.0 Å². The fourth-order valence-corrected chi connectivity index (χ4v) is 2.30. The number of nitrogens with zero attached hydrogens (tertiary/aromatic N) is 1. The highest BCUT2D eigenvalue weighted by molar-refractivity contribution is 9.11. The number of anilines is 2. The van der Waals surface area contributed by atoms with Crippen molar-refractivity contribution < 1.29 is 4.79 Å². The summed E-state index contributed by atoms with van der Waals surface area (Å²) in [5.74, 6) is 5.04. The third-order valence-corrected chi connectivity index (χ3v) is 3.40. The molecule has 0 fully saturated rings. The van der Waals surface area contributed by atoms with E-state index < -0.39 is 0 Å². The SMILES string of the molecule is NNc1ccc(C(=O)Nc2ncc(Br)s2)cc1. The smallest absolute Gasteiger partial charge is 0.257 e. The average Bonchev–Trinajstić information content (AvgIpc) is 2.75. The number of hydrogen-bond acceptors (Lipinski definition) is 5. The molecule has 0 saturated carbocycles. The molecule has 88 valence electrons. The summed E-state index contributed by atoms with van der Waals surface area (Å²) in [6, 6.07) is 6.83. The Bertz CT molecular complexity index is 525. The Labute approximate surface area is 110 Å². The molecule has 1 aromatic heterocycles. The number of aromatic nitrogens is 1. The molecular weight excluding hydrogens is 304 g/mol. The van der Waals surface area contributed by atoms with E-state index in [0.29, 0.717) is 10.7 Å². The predicted molar refractivity (Wildman–Crippen MR) is 72.0 cm³/mol. The minimum Gasteiger partial charge on any atom is -0.324 e. The molecule has 0 unspecified atom stereocenters. The molecule has 2 aromatic rings. The zero-order valence-corrected chi connectivity index (χ0v) is 11.0. The number of benzene rings is 1. The fraction of sp³-hybridized carbons (Fsp3) is 0. The number of amides is 1. The molecule has 1 aromatic carbocycles. The van der Waals surface area contributed by atoms with Crippen LogP contribution < -0.4 is 16.6 Å². The van der Waals surface area contributed by atoms with Crippen LogP contribution in [0.3, 0.4) is 0 Å². The number of nitrogens with two attached hydrogens (primary N) is 1. The lowest BCUT2D eigenvalue weighted by Gasteiger charge is -2.03. The quantitative estimate of drug-likeness (QED) is 0.600. The Morgan fingerprint density at radius 2 is 2.06 bits per heavy atom. The number of halogens is 1. The van der Waals surface area contributed by atoms with Gasteiger partial charge in [0, 0.05) is 11.3 Å². The van der Waals surface area contributed by atoms with Crippen LogP contribution in [0.4, 0.5) is 10.8 Å². The number of hydrazine groups is 1. The minimum absolute atomic E-state index is 0.199. The van der Waals surface area contributed by atoms with Crippen molar-refractivity contribution in [2.75, 3.05) is 10.7 Å². The molecule has 17 heavy (non-hydrogen) atoms. The largest absolute Gasteiger partial charge is 0.324 e. The summed E-state index contributed by atoms with van der Waals surface area (Å²) in [6.45, 7) is 0. The van der Waals surface area contributed by atoms with E-state index in [1.165, 1.54) is 11.3 Å². The normalized spacial score (nSPS) is 10.0. The lowest BCUT2D eigenvalue weighted by molar-refractivity contribution is 0.102.